The van der Waals surface area contributed by atoms with Gasteiger partial charge in [-0.1, -0.05) is 60.2 Å². The van der Waals surface area contributed by atoms with Gasteiger partial charge in [0.1, 0.15) is 0 Å². The number of carbonyl (C=O) groups excluding carboxylic acids is 1. The quantitative estimate of drug-likeness (QED) is 0.398. The number of thiol groups is 1. The van der Waals surface area contributed by atoms with E-state index >= 15 is 0 Å². The molecule has 30 heavy (non-hydrogen) atoms. The molecule has 0 aromatic heterocycles. The number of hydrogen-bond donors (Lipinski definition) is 3. The lowest BCUT2D eigenvalue weighted by Gasteiger charge is -2.32. The highest BCUT2D eigenvalue weighted by Crippen LogP contribution is 2.41. The molecular weight excluding hydrogens is 414 g/mol. The molecule has 1 unspecified atom stereocenters. The largest absolute Gasteiger partial charge is 0.373 e. The average molecular weight is 436 g/mol. The third-order valence-corrected chi connectivity index (χ3v) is 6.14. The molecule has 0 heterocycles. The molecule has 0 bridgehead atoms. The molecule has 1 atom stereocenters. The number of hydrogen-bond acceptors (Lipinski definition) is 4. The summed E-state index contributed by atoms with van der Waals surface area (Å²) in [4.78, 5) is 13.7. The number of allylic oxidation sites excluding steroid dienone is 3. The van der Waals surface area contributed by atoms with Crippen molar-refractivity contribution in [3.05, 3.63) is 93.9 Å². The summed E-state index contributed by atoms with van der Waals surface area (Å²) in [6.07, 6.45) is 4.93. The maximum atomic E-state index is 12.7. The Hall–Kier alpha value is -2.53. The van der Waals surface area contributed by atoms with Crippen molar-refractivity contribution in [2.75, 3.05) is 5.32 Å². The highest BCUT2D eigenvalue weighted by Gasteiger charge is 2.40. The van der Waals surface area contributed by atoms with Crippen LogP contribution in [-0.4, -0.2) is 10.9 Å². The zero-order valence-corrected chi connectivity index (χ0v) is 18.2. The van der Waals surface area contributed by atoms with Crippen LogP contribution < -0.4 is 5.32 Å². The first kappa shape index (κ1) is 20.7. The van der Waals surface area contributed by atoms with E-state index in [1.165, 1.54) is 6.92 Å². The lowest BCUT2D eigenvalue weighted by Crippen LogP contribution is -2.37. The van der Waals surface area contributed by atoms with Crippen molar-refractivity contribution in [2.45, 2.75) is 25.4 Å². The molecule has 1 aliphatic carbocycles. The van der Waals surface area contributed by atoms with Crippen molar-refractivity contribution in [2.24, 2.45) is 0 Å². The predicted octanol–water partition coefficient (Wildman–Crippen LogP) is 6.55. The second-order valence-electron chi connectivity index (χ2n) is 7.46. The van der Waals surface area contributed by atoms with E-state index in [4.69, 9.17) is 11.6 Å². The van der Waals surface area contributed by atoms with Crippen molar-refractivity contribution in [1.29, 1.82) is 0 Å². The van der Waals surface area contributed by atoms with Gasteiger partial charge in [-0.05, 0) is 59.9 Å². The van der Waals surface area contributed by atoms with Gasteiger partial charge in [0, 0.05) is 27.3 Å². The molecule has 0 radical (unpaired) electrons. The number of anilines is 2. The van der Waals surface area contributed by atoms with E-state index < -0.39 is 5.60 Å². The Labute approximate surface area is 186 Å². The molecule has 152 valence electrons. The summed E-state index contributed by atoms with van der Waals surface area (Å²) in [5.74, 6) is -0.316. The second-order valence-corrected chi connectivity index (χ2v) is 8.47. The Morgan fingerprint density at radius 1 is 1.03 bits per heavy atom. The molecule has 3 aromatic carbocycles. The Balaban J connectivity index is 1.82. The van der Waals surface area contributed by atoms with Gasteiger partial charge in [-0.25, -0.2) is 0 Å². The summed E-state index contributed by atoms with van der Waals surface area (Å²) in [5, 5.41) is 17.8. The first-order chi connectivity index (χ1) is 14.4. The van der Waals surface area contributed by atoms with Crippen molar-refractivity contribution < 1.29 is 9.90 Å². The predicted molar refractivity (Wildman–Crippen MR) is 128 cm³/mol. The van der Waals surface area contributed by atoms with Gasteiger partial charge in [0.15, 0.2) is 11.4 Å². The minimum Gasteiger partial charge on any atom is -0.373 e. The number of Topliss-reactive ketones (excluding diaryl/α,β-unsaturated/α-hetero) is 1. The van der Waals surface area contributed by atoms with Crippen molar-refractivity contribution in [3.63, 3.8) is 0 Å². The number of halogens is 1. The van der Waals surface area contributed by atoms with E-state index in [1.54, 1.807) is 6.07 Å². The summed E-state index contributed by atoms with van der Waals surface area (Å²) >= 11 is 10.5. The molecule has 0 aliphatic heterocycles. The van der Waals surface area contributed by atoms with Gasteiger partial charge in [-0.2, -0.15) is 0 Å². The Morgan fingerprint density at radius 2 is 1.80 bits per heavy atom. The highest BCUT2D eigenvalue weighted by atomic mass is 35.5. The Bertz CT molecular complexity index is 1200. The zero-order chi connectivity index (χ0) is 21.3. The molecule has 0 amide bonds. The van der Waals surface area contributed by atoms with E-state index in [0.717, 1.165) is 21.4 Å². The molecule has 3 nitrogen and oxygen atoms in total. The number of benzene rings is 3. The highest BCUT2D eigenvalue weighted by molar-refractivity contribution is 7.84. The molecule has 0 saturated carbocycles. The topological polar surface area (TPSA) is 49.3 Å². The fourth-order valence-electron chi connectivity index (χ4n) is 3.93. The van der Waals surface area contributed by atoms with Crippen LogP contribution in [0.2, 0.25) is 5.02 Å². The number of aliphatic hydroxyl groups is 1. The number of fused-ring (bicyclic) bond motifs is 1. The summed E-state index contributed by atoms with van der Waals surface area (Å²) in [5.41, 5.74) is 1.05. The van der Waals surface area contributed by atoms with E-state index in [0.29, 0.717) is 34.7 Å². The smallest absolute Gasteiger partial charge is 0.171 e. The lowest BCUT2D eigenvalue weighted by atomic mass is 9.78. The van der Waals surface area contributed by atoms with E-state index in [1.807, 2.05) is 66.7 Å². The monoisotopic (exact) mass is 435 g/mol. The molecule has 0 spiro atoms. The normalized spacial score (nSPS) is 15.9. The molecule has 3 aromatic rings. The molecule has 0 saturated heterocycles. The number of rotatable bonds is 5. The van der Waals surface area contributed by atoms with Crippen LogP contribution in [0.15, 0.2) is 83.3 Å². The van der Waals surface area contributed by atoms with Crippen molar-refractivity contribution >= 4 is 52.2 Å². The van der Waals surface area contributed by atoms with Crippen molar-refractivity contribution in [3.8, 4) is 0 Å². The van der Waals surface area contributed by atoms with Gasteiger partial charge in [0.2, 0.25) is 0 Å². The van der Waals surface area contributed by atoms with Gasteiger partial charge < -0.3 is 10.4 Å². The summed E-state index contributed by atoms with van der Waals surface area (Å²) in [6, 6.07) is 19.0. The first-order valence-electron chi connectivity index (χ1n) is 9.77. The number of nitrogens with one attached hydrogen (secondary N) is 1. The molecule has 0 fully saturated rings. The van der Waals surface area contributed by atoms with E-state index in [-0.39, 0.29) is 5.78 Å². The summed E-state index contributed by atoms with van der Waals surface area (Å²) in [6.45, 7) is 1.43. The minimum atomic E-state index is -1.71. The van der Waals surface area contributed by atoms with Gasteiger partial charge >= 0.3 is 0 Å². The molecule has 5 heteroatoms. The van der Waals surface area contributed by atoms with Crippen LogP contribution in [0.3, 0.4) is 0 Å². The molecule has 4 rings (SSSR count). The van der Waals surface area contributed by atoms with Crippen molar-refractivity contribution in [1.82, 2.24) is 0 Å². The van der Waals surface area contributed by atoms with Crippen LogP contribution >= 0.6 is 24.2 Å². The van der Waals surface area contributed by atoms with Crippen LogP contribution in [0.4, 0.5) is 11.4 Å². The Morgan fingerprint density at radius 3 is 2.53 bits per heavy atom. The maximum Gasteiger partial charge on any atom is 0.171 e. The van der Waals surface area contributed by atoms with Crippen LogP contribution in [0.1, 0.15) is 25.3 Å². The van der Waals surface area contributed by atoms with Crippen LogP contribution in [0.5, 0.6) is 0 Å². The lowest BCUT2D eigenvalue weighted by molar-refractivity contribution is -0.132. The first-order valence-corrected chi connectivity index (χ1v) is 10.6. The van der Waals surface area contributed by atoms with E-state index in [9.17, 15) is 9.90 Å². The fourth-order valence-corrected chi connectivity index (χ4v) is 4.30. The number of carbonyl (C=O) groups is 1. The van der Waals surface area contributed by atoms with Crippen LogP contribution in [-0.2, 0) is 10.4 Å². The van der Waals surface area contributed by atoms with Gasteiger partial charge in [0.05, 0.1) is 0 Å². The summed E-state index contributed by atoms with van der Waals surface area (Å²) < 4.78 is 0. The van der Waals surface area contributed by atoms with Crippen LogP contribution in [0, 0.1) is 0 Å². The second kappa shape index (κ2) is 8.31. The number of ketones is 1. The third kappa shape index (κ3) is 3.79. The standard InChI is InChI=1S/C25H22ClNO2S/c1-16(28)25(29,18-9-12-20(30)13-10-18)22-6-2-3-7-24(22)27-23-8-4-5-17-15-19(26)11-14-21(17)23/h2-9,11-12,14-15,27,29-30H,10,13H2,1H3. The molecule has 2 N–H and O–H groups in total. The fraction of sp³-hybridized carbons (Fsp3) is 0.160. The molecule has 1 aliphatic rings. The Kier molecular flexibility index (Phi) is 5.74. The van der Waals surface area contributed by atoms with Crippen LogP contribution in [0.25, 0.3) is 10.8 Å². The third-order valence-electron chi connectivity index (χ3n) is 5.53. The minimum absolute atomic E-state index is 0.316. The zero-order valence-electron chi connectivity index (χ0n) is 16.5. The number of para-hydroxylation sites is 1. The molecular formula is C25H22ClNO2S. The maximum absolute atomic E-state index is 12.7. The van der Waals surface area contributed by atoms with Gasteiger partial charge in [0.25, 0.3) is 0 Å². The van der Waals surface area contributed by atoms with Gasteiger partial charge in [-0.15, -0.1) is 12.6 Å². The SMILES string of the molecule is CC(=O)C(O)(C1=CC=C(S)CC1)c1ccccc1Nc1cccc2cc(Cl)ccc12. The van der Waals surface area contributed by atoms with Gasteiger partial charge in [-0.3, -0.25) is 4.79 Å². The average Bonchev–Trinajstić information content (AvgIpc) is 2.74. The summed E-state index contributed by atoms with van der Waals surface area (Å²) in [7, 11) is 0. The van der Waals surface area contributed by atoms with E-state index in [2.05, 4.69) is 17.9 Å².